The number of nitrogens with one attached hydrogen (secondary N) is 1. The molecule has 0 spiro atoms. The first-order valence-electron chi connectivity index (χ1n) is 7.26. The van der Waals surface area contributed by atoms with Gasteiger partial charge in [0.15, 0.2) is 0 Å². The van der Waals surface area contributed by atoms with Crippen molar-refractivity contribution in [2.75, 3.05) is 5.73 Å². The van der Waals surface area contributed by atoms with E-state index in [-0.39, 0.29) is 12.2 Å². The summed E-state index contributed by atoms with van der Waals surface area (Å²) in [5, 5.41) is 0. The van der Waals surface area contributed by atoms with Crippen molar-refractivity contribution in [3.05, 3.63) is 76.3 Å². The molecule has 3 aromatic rings. The van der Waals surface area contributed by atoms with Crippen LogP contribution in [0.3, 0.4) is 0 Å². The molecule has 0 amide bonds. The summed E-state index contributed by atoms with van der Waals surface area (Å²) in [4.78, 5) is 19.0. The van der Waals surface area contributed by atoms with E-state index in [1.165, 1.54) is 6.07 Å². The number of rotatable bonds is 4. The maximum absolute atomic E-state index is 11.9. The molecule has 2 aromatic carbocycles. The SMILES string of the molecule is Cc1cccc(OCc2nc(-c3cccc(N)c3)cc(=O)[nH]2)c1. The van der Waals surface area contributed by atoms with Crippen molar-refractivity contribution in [2.45, 2.75) is 13.5 Å². The van der Waals surface area contributed by atoms with Crippen LogP contribution in [0.5, 0.6) is 5.75 Å². The molecule has 5 heteroatoms. The van der Waals surface area contributed by atoms with E-state index in [0.717, 1.165) is 16.9 Å². The molecule has 0 atom stereocenters. The van der Waals surface area contributed by atoms with Gasteiger partial charge in [0.25, 0.3) is 5.56 Å². The Hall–Kier alpha value is -3.08. The minimum Gasteiger partial charge on any atom is -0.486 e. The molecule has 0 saturated carbocycles. The molecule has 0 fully saturated rings. The van der Waals surface area contributed by atoms with Gasteiger partial charge in [0.1, 0.15) is 18.2 Å². The molecule has 0 aliphatic carbocycles. The Morgan fingerprint density at radius 3 is 2.74 bits per heavy atom. The minimum absolute atomic E-state index is 0.189. The Balaban J connectivity index is 1.84. The van der Waals surface area contributed by atoms with Crippen LogP contribution in [0.15, 0.2) is 59.4 Å². The zero-order chi connectivity index (χ0) is 16.2. The second-order valence-electron chi connectivity index (χ2n) is 5.31. The van der Waals surface area contributed by atoms with Crippen LogP contribution in [0.1, 0.15) is 11.4 Å². The Bertz CT molecular complexity index is 887. The predicted octanol–water partition coefficient (Wildman–Crippen LogP) is 2.91. The lowest BCUT2D eigenvalue weighted by molar-refractivity contribution is 0.295. The standard InChI is InChI=1S/C18H17N3O2/c1-12-4-2-7-15(8-12)23-11-17-20-16(10-18(22)21-17)13-5-3-6-14(19)9-13/h2-10H,11,19H2,1H3,(H,20,21,22). The molecular weight excluding hydrogens is 290 g/mol. The smallest absolute Gasteiger partial charge is 0.251 e. The first-order chi connectivity index (χ1) is 11.1. The van der Waals surface area contributed by atoms with Crippen LogP contribution in [0.2, 0.25) is 0 Å². The van der Waals surface area contributed by atoms with Gasteiger partial charge in [-0.1, -0.05) is 24.3 Å². The van der Waals surface area contributed by atoms with Crippen molar-refractivity contribution in [2.24, 2.45) is 0 Å². The minimum atomic E-state index is -0.222. The van der Waals surface area contributed by atoms with Crippen LogP contribution >= 0.6 is 0 Å². The van der Waals surface area contributed by atoms with Crippen LogP contribution in [-0.2, 0) is 6.61 Å². The van der Waals surface area contributed by atoms with Gasteiger partial charge >= 0.3 is 0 Å². The predicted molar refractivity (Wildman–Crippen MR) is 90.2 cm³/mol. The van der Waals surface area contributed by atoms with E-state index in [9.17, 15) is 4.79 Å². The summed E-state index contributed by atoms with van der Waals surface area (Å²) in [7, 11) is 0. The van der Waals surface area contributed by atoms with E-state index < -0.39 is 0 Å². The first-order valence-corrected chi connectivity index (χ1v) is 7.26. The number of aromatic amines is 1. The van der Waals surface area contributed by atoms with Crippen LogP contribution in [-0.4, -0.2) is 9.97 Å². The third-order valence-corrected chi connectivity index (χ3v) is 3.34. The van der Waals surface area contributed by atoms with Gasteiger partial charge in [0.2, 0.25) is 0 Å². The topological polar surface area (TPSA) is 81.0 Å². The molecular formula is C18H17N3O2. The molecule has 116 valence electrons. The Morgan fingerprint density at radius 2 is 1.96 bits per heavy atom. The zero-order valence-electron chi connectivity index (χ0n) is 12.7. The average Bonchev–Trinajstić information content (AvgIpc) is 2.52. The van der Waals surface area contributed by atoms with Gasteiger partial charge in [-0.2, -0.15) is 0 Å². The lowest BCUT2D eigenvalue weighted by Gasteiger charge is -2.08. The molecule has 0 saturated heterocycles. The molecule has 0 aliphatic heterocycles. The number of nitrogens with two attached hydrogens (primary N) is 1. The number of benzene rings is 2. The van der Waals surface area contributed by atoms with Crippen LogP contribution in [0.25, 0.3) is 11.3 Å². The Kier molecular flexibility index (Phi) is 4.10. The number of nitrogen functional groups attached to an aromatic ring is 1. The summed E-state index contributed by atoms with van der Waals surface area (Å²) in [6.45, 7) is 2.18. The highest BCUT2D eigenvalue weighted by atomic mass is 16.5. The van der Waals surface area contributed by atoms with Crippen molar-refractivity contribution < 1.29 is 4.74 Å². The Labute approximate surface area is 133 Å². The number of H-pyrrole nitrogens is 1. The highest BCUT2D eigenvalue weighted by Crippen LogP contribution is 2.18. The normalized spacial score (nSPS) is 10.5. The summed E-state index contributed by atoms with van der Waals surface area (Å²) < 4.78 is 5.69. The Morgan fingerprint density at radius 1 is 1.13 bits per heavy atom. The lowest BCUT2D eigenvalue weighted by Crippen LogP contribution is -2.13. The molecule has 0 radical (unpaired) electrons. The maximum Gasteiger partial charge on any atom is 0.251 e. The molecule has 3 N–H and O–H groups in total. The van der Waals surface area contributed by atoms with Gasteiger partial charge in [-0.15, -0.1) is 0 Å². The number of hydrogen-bond donors (Lipinski definition) is 2. The van der Waals surface area contributed by atoms with Gasteiger partial charge in [-0.05, 0) is 36.8 Å². The fourth-order valence-electron chi connectivity index (χ4n) is 2.28. The number of nitrogens with zero attached hydrogens (tertiary/aromatic N) is 1. The van der Waals surface area contributed by atoms with Gasteiger partial charge < -0.3 is 15.5 Å². The summed E-state index contributed by atoms with van der Waals surface area (Å²) in [5.41, 5.74) is 8.67. The fraction of sp³-hybridized carbons (Fsp3) is 0.111. The fourth-order valence-corrected chi connectivity index (χ4v) is 2.28. The van der Waals surface area contributed by atoms with E-state index in [4.69, 9.17) is 10.5 Å². The van der Waals surface area contributed by atoms with Crippen molar-refractivity contribution in [1.82, 2.24) is 9.97 Å². The largest absolute Gasteiger partial charge is 0.486 e. The summed E-state index contributed by atoms with van der Waals surface area (Å²) in [6.07, 6.45) is 0. The van der Waals surface area contributed by atoms with E-state index >= 15 is 0 Å². The van der Waals surface area contributed by atoms with Gasteiger partial charge in [-0.25, -0.2) is 4.98 Å². The highest BCUT2D eigenvalue weighted by molar-refractivity contribution is 5.63. The quantitative estimate of drug-likeness (QED) is 0.726. The third-order valence-electron chi connectivity index (χ3n) is 3.34. The van der Waals surface area contributed by atoms with E-state index in [0.29, 0.717) is 17.2 Å². The molecule has 0 unspecified atom stereocenters. The van der Waals surface area contributed by atoms with Crippen LogP contribution < -0.4 is 16.0 Å². The summed E-state index contributed by atoms with van der Waals surface area (Å²) in [5.74, 6) is 1.21. The second kappa shape index (κ2) is 6.36. The van der Waals surface area contributed by atoms with Gasteiger partial charge in [0.05, 0.1) is 5.69 Å². The maximum atomic E-state index is 11.9. The number of hydrogen-bond acceptors (Lipinski definition) is 4. The highest BCUT2D eigenvalue weighted by Gasteiger charge is 2.05. The molecule has 1 heterocycles. The van der Waals surface area contributed by atoms with Crippen LogP contribution in [0, 0.1) is 6.92 Å². The summed E-state index contributed by atoms with van der Waals surface area (Å²) in [6, 6.07) is 16.4. The molecule has 3 rings (SSSR count). The number of anilines is 1. The van der Waals surface area contributed by atoms with Crippen molar-refractivity contribution in [1.29, 1.82) is 0 Å². The third kappa shape index (κ3) is 3.77. The van der Waals surface area contributed by atoms with Gasteiger partial charge in [-0.3, -0.25) is 4.79 Å². The summed E-state index contributed by atoms with van der Waals surface area (Å²) >= 11 is 0. The number of aryl methyl sites for hydroxylation is 1. The van der Waals surface area contributed by atoms with E-state index in [1.54, 1.807) is 12.1 Å². The second-order valence-corrected chi connectivity index (χ2v) is 5.31. The molecule has 1 aromatic heterocycles. The van der Waals surface area contributed by atoms with E-state index in [2.05, 4.69) is 9.97 Å². The average molecular weight is 307 g/mol. The molecule has 23 heavy (non-hydrogen) atoms. The zero-order valence-corrected chi connectivity index (χ0v) is 12.7. The van der Waals surface area contributed by atoms with Gasteiger partial charge in [0, 0.05) is 17.3 Å². The first kappa shape index (κ1) is 14.8. The van der Waals surface area contributed by atoms with Crippen LogP contribution in [0.4, 0.5) is 5.69 Å². The van der Waals surface area contributed by atoms with Crippen molar-refractivity contribution >= 4 is 5.69 Å². The lowest BCUT2D eigenvalue weighted by atomic mass is 10.1. The molecule has 5 nitrogen and oxygen atoms in total. The molecule has 0 aliphatic rings. The van der Waals surface area contributed by atoms with E-state index in [1.807, 2.05) is 43.3 Å². The van der Waals surface area contributed by atoms with Crippen molar-refractivity contribution in [3.8, 4) is 17.0 Å². The number of aromatic nitrogens is 2. The monoisotopic (exact) mass is 307 g/mol. The molecule has 0 bridgehead atoms. The van der Waals surface area contributed by atoms with Crippen molar-refractivity contribution in [3.63, 3.8) is 0 Å². The number of ether oxygens (including phenoxy) is 1.